The Labute approximate surface area is 187 Å². The predicted octanol–water partition coefficient (Wildman–Crippen LogP) is 2.57. The molecule has 1 saturated carbocycles. The summed E-state index contributed by atoms with van der Waals surface area (Å²) in [6, 6.07) is 2.54. The van der Waals surface area contributed by atoms with Gasteiger partial charge < -0.3 is 20.7 Å². The number of primary amides is 1. The number of nitrogens with two attached hydrogens (primary N) is 1. The highest BCUT2D eigenvalue weighted by Gasteiger charge is 2.21. The number of ether oxygens (including phenoxy) is 1. The number of aromatic nitrogens is 5. The molecule has 0 bridgehead atoms. The van der Waals surface area contributed by atoms with Gasteiger partial charge in [0.05, 0.1) is 30.4 Å². The summed E-state index contributed by atoms with van der Waals surface area (Å²) in [4.78, 5) is 24.9. The molecule has 0 unspecified atom stereocenters. The minimum Gasteiger partial charge on any atom is -0.480 e. The highest BCUT2D eigenvalue weighted by atomic mass is 16.5. The number of anilines is 2. The molecule has 1 amide bonds. The second-order valence-corrected chi connectivity index (χ2v) is 8.25. The van der Waals surface area contributed by atoms with Crippen molar-refractivity contribution in [2.75, 3.05) is 26.0 Å². The van der Waals surface area contributed by atoms with Crippen molar-refractivity contribution in [1.82, 2.24) is 29.6 Å². The lowest BCUT2D eigenvalue weighted by molar-refractivity contribution is -0.106. The van der Waals surface area contributed by atoms with Crippen LogP contribution < -0.4 is 15.8 Å². The van der Waals surface area contributed by atoms with Gasteiger partial charge >= 0.3 is 0 Å². The quantitative estimate of drug-likeness (QED) is 0.596. The fourth-order valence-electron chi connectivity index (χ4n) is 4.45. The molecular weight excluding hydrogens is 408 g/mol. The van der Waals surface area contributed by atoms with Crippen LogP contribution in [0.25, 0.3) is 11.0 Å². The van der Waals surface area contributed by atoms with E-state index in [2.05, 4.69) is 43.8 Å². The van der Waals surface area contributed by atoms with E-state index in [4.69, 9.17) is 19.5 Å². The third-order valence-electron chi connectivity index (χ3n) is 6.02. The molecular formula is C22H30N8O2. The van der Waals surface area contributed by atoms with E-state index in [-0.39, 0.29) is 6.41 Å². The number of rotatable bonds is 4. The second-order valence-electron chi connectivity index (χ2n) is 8.25. The lowest BCUT2D eigenvalue weighted by Gasteiger charge is -2.25. The lowest BCUT2D eigenvalue weighted by atomic mass is 9.96. The van der Waals surface area contributed by atoms with Crippen LogP contribution in [0.3, 0.4) is 0 Å². The Balaban J connectivity index is 0.000000775. The normalized spacial score (nSPS) is 16.7. The van der Waals surface area contributed by atoms with Crippen molar-refractivity contribution in [2.24, 2.45) is 5.73 Å². The number of amides is 1. The van der Waals surface area contributed by atoms with Gasteiger partial charge in [-0.15, -0.1) is 0 Å². The molecule has 0 atom stereocenters. The zero-order chi connectivity index (χ0) is 22.5. The molecule has 0 saturated heterocycles. The van der Waals surface area contributed by atoms with Gasteiger partial charge in [-0.2, -0.15) is 10.1 Å². The number of nitrogens with zero attached hydrogens (tertiary/aromatic N) is 6. The zero-order valence-electron chi connectivity index (χ0n) is 18.6. The number of hydrogen-bond donors (Lipinski definition) is 2. The van der Waals surface area contributed by atoms with E-state index in [1.54, 1.807) is 7.11 Å². The average Bonchev–Trinajstić information content (AvgIpc) is 3.23. The van der Waals surface area contributed by atoms with Crippen LogP contribution in [0.2, 0.25) is 0 Å². The van der Waals surface area contributed by atoms with Crippen molar-refractivity contribution in [3.63, 3.8) is 0 Å². The third-order valence-corrected chi connectivity index (χ3v) is 6.02. The average molecular weight is 439 g/mol. The van der Waals surface area contributed by atoms with Crippen LogP contribution in [0, 0.1) is 0 Å². The largest absolute Gasteiger partial charge is 0.480 e. The standard InChI is InChI=1S/C21H27N7O.CH3NO/c1-27-9-8-17-14(13-27)10-18(20(24-17)29-2)25-21-22-11-15-12-23-28(19(15)26-21)16-6-4-3-5-7-16;2-1-3/h10-12,16H,3-9,13H2,1-2H3,(H,22,25,26);1H,(H2,2,3). The zero-order valence-corrected chi connectivity index (χ0v) is 18.6. The highest BCUT2D eigenvalue weighted by Crippen LogP contribution is 2.32. The van der Waals surface area contributed by atoms with Crippen LogP contribution in [-0.2, 0) is 17.8 Å². The molecule has 32 heavy (non-hydrogen) atoms. The maximum Gasteiger partial charge on any atom is 0.237 e. The number of carbonyl (C=O) groups is 1. The molecule has 1 fully saturated rings. The molecule has 10 nitrogen and oxygen atoms in total. The number of hydrogen-bond acceptors (Lipinski definition) is 8. The molecule has 5 rings (SSSR count). The van der Waals surface area contributed by atoms with Crippen molar-refractivity contribution in [1.29, 1.82) is 0 Å². The van der Waals surface area contributed by atoms with Crippen molar-refractivity contribution in [3.8, 4) is 5.88 Å². The van der Waals surface area contributed by atoms with Gasteiger partial charge in [0.15, 0.2) is 5.65 Å². The molecule has 0 radical (unpaired) electrons. The van der Waals surface area contributed by atoms with Crippen LogP contribution in [0.15, 0.2) is 18.5 Å². The number of methoxy groups -OCH3 is 1. The lowest BCUT2D eigenvalue weighted by Crippen LogP contribution is -2.27. The summed E-state index contributed by atoms with van der Waals surface area (Å²) in [6.07, 6.45) is 11.1. The molecule has 0 aromatic carbocycles. The summed E-state index contributed by atoms with van der Waals surface area (Å²) in [7, 11) is 3.78. The summed E-state index contributed by atoms with van der Waals surface area (Å²) in [6.45, 7) is 1.90. The van der Waals surface area contributed by atoms with Crippen LogP contribution >= 0.6 is 0 Å². The Morgan fingerprint density at radius 3 is 2.75 bits per heavy atom. The Hall–Kier alpha value is -3.27. The predicted molar refractivity (Wildman–Crippen MR) is 122 cm³/mol. The minimum atomic E-state index is 0.250. The van der Waals surface area contributed by atoms with E-state index < -0.39 is 0 Å². The molecule has 3 N–H and O–H groups in total. The van der Waals surface area contributed by atoms with Gasteiger partial charge in [-0.25, -0.2) is 14.6 Å². The summed E-state index contributed by atoms with van der Waals surface area (Å²) in [5, 5.41) is 8.91. The summed E-state index contributed by atoms with van der Waals surface area (Å²) in [5.41, 5.74) is 8.18. The molecule has 170 valence electrons. The van der Waals surface area contributed by atoms with Crippen molar-refractivity contribution in [2.45, 2.75) is 51.1 Å². The van der Waals surface area contributed by atoms with Gasteiger partial charge in [0.1, 0.15) is 5.69 Å². The Morgan fingerprint density at radius 1 is 1.22 bits per heavy atom. The van der Waals surface area contributed by atoms with Crippen LogP contribution in [0.4, 0.5) is 11.6 Å². The van der Waals surface area contributed by atoms with E-state index in [0.717, 1.165) is 41.9 Å². The number of likely N-dealkylation sites (N-methyl/N-ethyl adjacent to an activating group) is 1. The van der Waals surface area contributed by atoms with E-state index in [1.807, 2.05) is 12.4 Å². The first kappa shape index (κ1) is 21.9. The minimum absolute atomic E-state index is 0.250. The number of pyridine rings is 1. The fraction of sp³-hybridized carbons (Fsp3) is 0.500. The molecule has 10 heteroatoms. The van der Waals surface area contributed by atoms with Crippen molar-refractivity contribution >= 4 is 29.1 Å². The smallest absolute Gasteiger partial charge is 0.237 e. The van der Waals surface area contributed by atoms with Gasteiger partial charge in [0.2, 0.25) is 18.2 Å². The summed E-state index contributed by atoms with van der Waals surface area (Å²) < 4.78 is 7.62. The number of nitrogens with one attached hydrogen (secondary N) is 1. The van der Waals surface area contributed by atoms with Crippen molar-refractivity contribution in [3.05, 3.63) is 29.7 Å². The molecule has 1 aliphatic carbocycles. The topological polar surface area (TPSA) is 124 Å². The first-order valence-corrected chi connectivity index (χ1v) is 11.0. The summed E-state index contributed by atoms with van der Waals surface area (Å²) >= 11 is 0. The molecule has 3 aromatic rings. The Bertz CT molecular complexity index is 1080. The molecule has 2 aliphatic rings. The SMILES string of the molecule is COc1nc2c(cc1Nc1ncc3cnn(C4CCCCC4)c3n1)CN(C)CC2.NC=O. The van der Waals surface area contributed by atoms with Gasteiger partial charge in [-0.1, -0.05) is 19.3 Å². The van der Waals surface area contributed by atoms with Gasteiger partial charge in [-0.05, 0) is 31.5 Å². The Kier molecular flexibility index (Phi) is 6.79. The van der Waals surface area contributed by atoms with Gasteiger partial charge in [0, 0.05) is 25.7 Å². The van der Waals surface area contributed by atoms with Crippen LogP contribution in [-0.4, -0.2) is 56.7 Å². The van der Waals surface area contributed by atoms with E-state index in [1.165, 1.54) is 37.7 Å². The van der Waals surface area contributed by atoms with Gasteiger partial charge in [0.25, 0.3) is 0 Å². The maximum absolute atomic E-state index is 8.58. The maximum atomic E-state index is 8.58. The molecule has 0 spiro atoms. The first-order chi connectivity index (χ1) is 15.6. The monoisotopic (exact) mass is 438 g/mol. The fourth-order valence-corrected chi connectivity index (χ4v) is 4.45. The Morgan fingerprint density at radius 2 is 2.00 bits per heavy atom. The number of fused-ring (bicyclic) bond motifs is 2. The third kappa shape index (κ3) is 4.64. The van der Waals surface area contributed by atoms with Crippen molar-refractivity contribution < 1.29 is 9.53 Å². The van der Waals surface area contributed by atoms with Crippen LogP contribution in [0.5, 0.6) is 5.88 Å². The highest BCUT2D eigenvalue weighted by molar-refractivity contribution is 5.75. The van der Waals surface area contributed by atoms with E-state index in [0.29, 0.717) is 17.9 Å². The first-order valence-electron chi connectivity index (χ1n) is 11.0. The number of carbonyl (C=O) groups excluding carboxylic acids is 1. The van der Waals surface area contributed by atoms with E-state index in [9.17, 15) is 0 Å². The van der Waals surface area contributed by atoms with Crippen LogP contribution in [0.1, 0.15) is 49.4 Å². The molecule has 1 aliphatic heterocycles. The van der Waals surface area contributed by atoms with Gasteiger partial charge in [-0.3, -0.25) is 4.79 Å². The van der Waals surface area contributed by atoms with E-state index >= 15 is 0 Å². The summed E-state index contributed by atoms with van der Waals surface area (Å²) in [5.74, 6) is 1.12. The second kappa shape index (κ2) is 9.90. The molecule has 3 aromatic heterocycles. The molecule has 4 heterocycles.